The number of aromatic amines is 1. The molecule has 0 bridgehead atoms. The van der Waals surface area contributed by atoms with Crippen LogP contribution in [0.4, 0.5) is 9.52 Å². The normalized spacial score (nSPS) is 10.8. The molecule has 0 radical (unpaired) electrons. The number of halogens is 1. The third-order valence-electron chi connectivity index (χ3n) is 4.05. The van der Waals surface area contributed by atoms with Crippen molar-refractivity contribution in [3.05, 3.63) is 58.2 Å². The van der Waals surface area contributed by atoms with E-state index in [0.29, 0.717) is 32.0 Å². The third-order valence-corrected chi connectivity index (χ3v) is 6.09. The summed E-state index contributed by atoms with van der Waals surface area (Å²) < 4.78 is 18.7. The average molecular weight is 435 g/mol. The minimum Gasteiger partial charge on any atom is -0.462 e. The summed E-state index contributed by atoms with van der Waals surface area (Å²) in [6, 6.07) is 6.24. The summed E-state index contributed by atoms with van der Waals surface area (Å²) in [5.41, 5.74) is 2.69. The molecule has 0 aliphatic carbocycles. The maximum atomic E-state index is 13.0. The summed E-state index contributed by atoms with van der Waals surface area (Å²) in [6.07, 6.45) is 0. The Morgan fingerprint density at radius 3 is 2.66 bits per heavy atom. The van der Waals surface area contributed by atoms with Crippen LogP contribution in [-0.4, -0.2) is 33.7 Å². The number of rotatable bonds is 7. The van der Waals surface area contributed by atoms with Crippen LogP contribution in [0.2, 0.25) is 0 Å². The lowest BCUT2D eigenvalue weighted by atomic mass is 10.1. The van der Waals surface area contributed by atoms with Gasteiger partial charge in [-0.2, -0.15) is 0 Å². The first-order valence-electron chi connectivity index (χ1n) is 8.77. The SMILES string of the molecule is CCOC(=O)c1c(C)[nH]c(C(=O)Nc2nnc(SCc3ccc(F)cc3)s2)c1C. The van der Waals surface area contributed by atoms with E-state index in [2.05, 4.69) is 20.5 Å². The Morgan fingerprint density at radius 2 is 1.97 bits per heavy atom. The molecular formula is C19H19FN4O3S2. The van der Waals surface area contributed by atoms with E-state index in [9.17, 15) is 14.0 Å². The smallest absolute Gasteiger partial charge is 0.340 e. The Hall–Kier alpha value is -2.72. The number of thioether (sulfide) groups is 1. The zero-order chi connectivity index (χ0) is 21.0. The molecule has 29 heavy (non-hydrogen) atoms. The summed E-state index contributed by atoms with van der Waals surface area (Å²) in [5.74, 6) is -0.540. The molecule has 0 unspecified atom stereocenters. The third kappa shape index (κ3) is 5.01. The van der Waals surface area contributed by atoms with Gasteiger partial charge in [0.1, 0.15) is 11.5 Å². The van der Waals surface area contributed by atoms with Crippen molar-refractivity contribution < 1.29 is 18.7 Å². The molecular weight excluding hydrogens is 415 g/mol. The number of ether oxygens (including phenoxy) is 1. The van der Waals surface area contributed by atoms with Crippen LogP contribution in [0.15, 0.2) is 28.6 Å². The molecule has 0 aliphatic rings. The highest BCUT2D eigenvalue weighted by Gasteiger charge is 2.23. The minimum absolute atomic E-state index is 0.258. The molecule has 3 rings (SSSR count). The number of hydrogen-bond donors (Lipinski definition) is 2. The van der Waals surface area contributed by atoms with E-state index in [-0.39, 0.29) is 18.1 Å². The van der Waals surface area contributed by atoms with Crippen LogP contribution in [-0.2, 0) is 10.5 Å². The molecule has 0 atom stereocenters. The van der Waals surface area contributed by atoms with Crippen LogP contribution in [0.5, 0.6) is 0 Å². The Labute approximate surface area is 175 Å². The number of carbonyl (C=O) groups excluding carboxylic acids is 2. The molecule has 0 fully saturated rings. The average Bonchev–Trinajstić information content (AvgIpc) is 3.25. The van der Waals surface area contributed by atoms with E-state index >= 15 is 0 Å². The number of carbonyl (C=O) groups is 2. The topological polar surface area (TPSA) is 97.0 Å². The molecule has 0 aliphatic heterocycles. The fourth-order valence-corrected chi connectivity index (χ4v) is 4.39. The van der Waals surface area contributed by atoms with Crippen molar-refractivity contribution in [2.24, 2.45) is 0 Å². The van der Waals surface area contributed by atoms with Crippen LogP contribution >= 0.6 is 23.1 Å². The number of nitrogens with zero attached hydrogens (tertiary/aromatic N) is 2. The van der Waals surface area contributed by atoms with Crippen molar-refractivity contribution >= 4 is 40.1 Å². The number of nitrogens with one attached hydrogen (secondary N) is 2. The number of hydrogen-bond acceptors (Lipinski definition) is 7. The van der Waals surface area contributed by atoms with E-state index < -0.39 is 11.9 Å². The number of aryl methyl sites for hydroxylation is 1. The van der Waals surface area contributed by atoms with E-state index in [4.69, 9.17) is 4.74 Å². The molecule has 0 spiro atoms. The number of amides is 1. The second kappa shape index (κ2) is 9.19. The quantitative estimate of drug-likeness (QED) is 0.326. The number of anilines is 1. The number of benzene rings is 1. The summed E-state index contributed by atoms with van der Waals surface area (Å²) >= 11 is 2.68. The first-order chi connectivity index (χ1) is 13.9. The Bertz CT molecular complexity index is 1030. The lowest BCUT2D eigenvalue weighted by Crippen LogP contribution is -2.14. The summed E-state index contributed by atoms with van der Waals surface area (Å²) in [6.45, 7) is 5.39. The molecule has 2 heterocycles. The van der Waals surface area contributed by atoms with Gasteiger partial charge in [-0.1, -0.05) is 35.2 Å². The lowest BCUT2D eigenvalue weighted by Gasteiger charge is -2.03. The summed E-state index contributed by atoms with van der Waals surface area (Å²) in [5, 5.41) is 11.1. The zero-order valence-corrected chi connectivity index (χ0v) is 17.7. The molecule has 1 amide bonds. The van der Waals surface area contributed by atoms with Crippen LogP contribution in [0.25, 0.3) is 0 Å². The predicted molar refractivity (Wildman–Crippen MR) is 110 cm³/mol. The Balaban J connectivity index is 1.65. The van der Waals surface area contributed by atoms with Crippen molar-refractivity contribution in [3.8, 4) is 0 Å². The van der Waals surface area contributed by atoms with Crippen molar-refractivity contribution in [3.63, 3.8) is 0 Å². The van der Waals surface area contributed by atoms with Crippen molar-refractivity contribution in [1.29, 1.82) is 0 Å². The van der Waals surface area contributed by atoms with E-state index in [0.717, 1.165) is 5.56 Å². The van der Waals surface area contributed by atoms with E-state index in [1.54, 1.807) is 32.9 Å². The van der Waals surface area contributed by atoms with Gasteiger partial charge in [-0.05, 0) is 44.0 Å². The fraction of sp³-hybridized carbons (Fsp3) is 0.263. The van der Waals surface area contributed by atoms with Crippen molar-refractivity contribution in [2.45, 2.75) is 30.9 Å². The van der Waals surface area contributed by atoms with Gasteiger partial charge in [0.15, 0.2) is 4.34 Å². The van der Waals surface area contributed by atoms with Gasteiger partial charge in [0.2, 0.25) is 5.13 Å². The first-order valence-corrected chi connectivity index (χ1v) is 10.6. The fourth-order valence-electron chi connectivity index (χ4n) is 2.69. The van der Waals surface area contributed by atoms with Gasteiger partial charge in [0.25, 0.3) is 5.91 Å². The van der Waals surface area contributed by atoms with E-state index in [1.165, 1.54) is 35.2 Å². The van der Waals surface area contributed by atoms with Crippen LogP contribution in [0.3, 0.4) is 0 Å². The maximum absolute atomic E-state index is 13.0. The van der Waals surface area contributed by atoms with Crippen LogP contribution < -0.4 is 5.32 Å². The predicted octanol–water partition coefficient (Wildman–Crippen LogP) is 4.34. The van der Waals surface area contributed by atoms with Crippen molar-refractivity contribution in [1.82, 2.24) is 15.2 Å². The van der Waals surface area contributed by atoms with Gasteiger partial charge in [-0.25, -0.2) is 9.18 Å². The summed E-state index contributed by atoms with van der Waals surface area (Å²) in [7, 11) is 0. The largest absolute Gasteiger partial charge is 0.462 e. The maximum Gasteiger partial charge on any atom is 0.340 e. The molecule has 7 nitrogen and oxygen atoms in total. The Morgan fingerprint density at radius 1 is 1.24 bits per heavy atom. The molecule has 0 saturated carbocycles. The van der Waals surface area contributed by atoms with Crippen LogP contribution in [0.1, 0.15) is 44.6 Å². The van der Waals surface area contributed by atoms with Gasteiger partial charge in [-0.3, -0.25) is 10.1 Å². The second-order valence-electron chi connectivity index (χ2n) is 6.09. The highest BCUT2D eigenvalue weighted by molar-refractivity contribution is 8.00. The molecule has 2 aromatic heterocycles. The van der Waals surface area contributed by atoms with Gasteiger partial charge < -0.3 is 9.72 Å². The zero-order valence-electron chi connectivity index (χ0n) is 16.0. The lowest BCUT2D eigenvalue weighted by molar-refractivity contribution is 0.0525. The van der Waals surface area contributed by atoms with Crippen molar-refractivity contribution in [2.75, 3.05) is 11.9 Å². The minimum atomic E-state index is -0.465. The highest BCUT2D eigenvalue weighted by Crippen LogP contribution is 2.29. The van der Waals surface area contributed by atoms with Gasteiger partial charge in [0.05, 0.1) is 12.2 Å². The standard InChI is InChI=1S/C19H19FN4O3S2/c1-4-27-17(26)14-10(2)15(21-11(14)3)16(25)22-18-23-24-19(29-18)28-9-12-5-7-13(20)8-6-12/h5-8,21H,4,9H2,1-3H3,(H,22,23,25). The number of aromatic nitrogens is 3. The monoisotopic (exact) mass is 434 g/mol. The molecule has 1 aromatic carbocycles. The molecule has 2 N–H and O–H groups in total. The first kappa shape index (κ1) is 21.0. The molecule has 10 heteroatoms. The highest BCUT2D eigenvalue weighted by atomic mass is 32.2. The summed E-state index contributed by atoms with van der Waals surface area (Å²) in [4.78, 5) is 27.6. The number of H-pyrrole nitrogens is 1. The van der Waals surface area contributed by atoms with Gasteiger partial charge >= 0.3 is 5.97 Å². The molecule has 0 saturated heterocycles. The van der Waals surface area contributed by atoms with E-state index in [1.807, 2.05) is 0 Å². The Kier molecular flexibility index (Phi) is 6.65. The molecule has 3 aromatic rings. The second-order valence-corrected chi connectivity index (χ2v) is 8.29. The van der Waals surface area contributed by atoms with Crippen LogP contribution in [0, 0.1) is 19.7 Å². The molecule has 152 valence electrons. The van der Waals surface area contributed by atoms with Gasteiger partial charge in [0, 0.05) is 11.4 Å². The number of esters is 1. The van der Waals surface area contributed by atoms with Gasteiger partial charge in [-0.15, -0.1) is 10.2 Å².